The largest absolute Gasteiger partial charge is 0.484 e. The normalized spacial score (nSPS) is 18.6. The lowest BCUT2D eigenvalue weighted by Gasteiger charge is -2.12. The Morgan fingerprint density at radius 2 is 2.44 bits per heavy atom. The summed E-state index contributed by atoms with van der Waals surface area (Å²) in [6.45, 7) is 1.79. The van der Waals surface area contributed by atoms with Gasteiger partial charge in [-0.2, -0.15) is 0 Å². The molecule has 4 nitrogen and oxygen atoms in total. The Morgan fingerprint density at radius 1 is 1.56 bits per heavy atom. The maximum atomic E-state index is 11.6. The number of nitrogens with one attached hydrogen (secondary N) is 2. The third-order valence-corrected chi connectivity index (χ3v) is 3.37. The van der Waals surface area contributed by atoms with Crippen LogP contribution in [0.15, 0.2) is 28.7 Å². The minimum Gasteiger partial charge on any atom is -0.484 e. The second-order valence-corrected chi connectivity index (χ2v) is 5.26. The highest BCUT2D eigenvalue weighted by Gasteiger charge is 2.14. The van der Waals surface area contributed by atoms with Gasteiger partial charge >= 0.3 is 0 Å². The molecule has 0 aromatic heterocycles. The number of amides is 1. The number of halogens is 1. The summed E-state index contributed by atoms with van der Waals surface area (Å²) in [6.07, 6.45) is 2.32. The third kappa shape index (κ3) is 4.31. The van der Waals surface area contributed by atoms with E-state index in [1.54, 1.807) is 0 Å². The summed E-state index contributed by atoms with van der Waals surface area (Å²) in [6, 6.07) is 7.88. The highest BCUT2D eigenvalue weighted by molar-refractivity contribution is 9.10. The molecule has 2 rings (SSSR count). The van der Waals surface area contributed by atoms with Crippen LogP contribution in [-0.2, 0) is 4.79 Å². The Balaban J connectivity index is 1.68. The van der Waals surface area contributed by atoms with Gasteiger partial charge in [0, 0.05) is 17.1 Å². The van der Waals surface area contributed by atoms with Gasteiger partial charge in [-0.1, -0.05) is 22.0 Å². The van der Waals surface area contributed by atoms with E-state index in [1.807, 2.05) is 24.3 Å². The molecule has 1 saturated heterocycles. The van der Waals surface area contributed by atoms with Crippen LogP contribution in [0.3, 0.4) is 0 Å². The minimum absolute atomic E-state index is 0.0587. The molecule has 0 aliphatic carbocycles. The van der Waals surface area contributed by atoms with Crippen molar-refractivity contribution in [1.82, 2.24) is 10.6 Å². The summed E-state index contributed by atoms with van der Waals surface area (Å²) in [5, 5.41) is 6.20. The van der Waals surface area contributed by atoms with E-state index in [2.05, 4.69) is 26.6 Å². The van der Waals surface area contributed by atoms with Crippen molar-refractivity contribution in [2.75, 3.05) is 19.7 Å². The molecule has 2 N–H and O–H groups in total. The van der Waals surface area contributed by atoms with Gasteiger partial charge in [0.2, 0.25) is 0 Å². The average molecular weight is 313 g/mol. The first-order valence-electron chi connectivity index (χ1n) is 6.12. The molecule has 0 radical (unpaired) electrons. The summed E-state index contributed by atoms with van der Waals surface area (Å²) in [5.74, 6) is 0.613. The van der Waals surface area contributed by atoms with E-state index in [4.69, 9.17) is 4.74 Å². The molecule has 1 aromatic rings. The lowest BCUT2D eigenvalue weighted by atomic mass is 10.2. The van der Waals surface area contributed by atoms with E-state index in [0.29, 0.717) is 18.3 Å². The first kappa shape index (κ1) is 13.4. The molecule has 0 spiro atoms. The minimum atomic E-state index is -0.0799. The van der Waals surface area contributed by atoms with Crippen molar-refractivity contribution < 1.29 is 9.53 Å². The van der Waals surface area contributed by atoms with E-state index < -0.39 is 0 Å². The van der Waals surface area contributed by atoms with Gasteiger partial charge in [0.25, 0.3) is 5.91 Å². The molecule has 1 fully saturated rings. The number of carbonyl (C=O) groups excluding carboxylic acids is 1. The van der Waals surface area contributed by atoms with E-state index in [1.165, 1.54) is 6.42 Å². The lowest BCUT2D eigenvalue weighted by Crippen LogP contribution is -2.39. The van der Waals surface area contributed by atoms with E-state index in [0.717, 1.165) is 17.4 Å². The third-order valence-electron chi connectivity index (χ3n) is 2.87. The van der Waals surface area contributed by atoms with Crippen LogP contribution >= 0.6 is 15.9 Å². The second-order valence-electron chi connectivity index (χ2n) is 4.34. The fourth-order valence-corrected chi connectivity index (χ4v) is 2.30. The van der Waals surface area contributed by atoms with Gasteiger partial charge in [0.05, 0.1) is 0 Å². The van der Waals surface area contributed by atoms with Crippen molar-refractivity contribution >= 4 is 21.8 Å². The fourth-order valence-electron chi connectivity index (χ4n) is 1.92. The van der Waals surface area contributed by atoms with Crippen molar-refractivity contribution in [1.29, 1.82) is 0 Å². The maximum Gasteiger partial charge on any atom is 0.257 e. The molecule has 5 heteroatoms. The zero-order valence-electron chi connectivity index (χ0n) is 10.1. The van der Waals surface area contributed by atoms with Gasteiger partial charge in [0.1, 0.15) is 5.75 Å². The Kier molecular flexibility index (Phi) is 5.01. The summed E-state index contributed by atoms with van der Waals surface area (Å²) >= 11 is 3.36. The van der Waals surface area contributed by atoms with Crippen LogP contribution in [-0.4, -0.2) is 31.6 Å². The van der Waals surface area contributed by atoms with Crippen molar-refractivity contribution in [3.05, 3.63) is 28.7 Å². The molecule has 1 aromatic carbocycles. The topological polar surface area (TPSA) is 50.4 Å². The average Bonchev–Trinajstić information content (AvgIpc) is 2.87. The first-order valence-corrected chi connectivity index (χ1v) is 6.92. The Bertz CT molecular complexity index is 406. The molecular weight excluding hydrogens is 296 g/mol. The SMILES string of the molecule is O=C(COc1cccc(Br)c1)NCC1CCCN1. The van der Waals surface area contributed by atoms with E-state index >= 15 is 0 Å². The molecule has 18 heavy (non-hydrogen) atoms. The van der Waals surface area contributed by atoms with Crippen LogP contribution in [0.2, 0.25) is 0 Å². The lowest BCUT2D eigenvalue weighted by molar-refractivity contribution is -0.123. The number of hydrogen-bond acceptors (Lipinski definition) is 3. The van der Waals surface area contributed by atoms with Gasteiger partial charge in [0.15, 0.2) is 6.61 Å². The summed E-state index contributed by atoms with van der Waals surface area (Å²) in [5.41, 5.74) is 0. The van der Waals surface area contributed by atoms with Crippen molar-refractivity contribution in [3.8, 4) is 5.75 Å². The molecule has 1 aliphatic heterocycles. The zero-order valence-corrected chi connectivity index (χ0v) is 11.7. The van der Waals surface area contributed by atoms with Crippen LogP contribution in [0.25, 0.3) is 0 Å². The molecule has 1 unspecified atom stereocenters. The fraction of sp³-hybridized carbons (Fsp3) is 0.462. The number of hydrogen-bond donors (Lipinski definition) is 2. The van der Waals surface area contributed by atoms with E-state index in [-0.39, 0.29) is 12.5 Å². The molecule has 0 bridgehead atoms. The summed E-state index contributed by atoms with van der Waals surface area (Å²) in [4.78, 5) is 11.6. The molecule has 1 heterocycles. The summed E-state index contributed by atoms with van der Waals surface area (Å²) in [7, 11) is 0. The van der Waals surface area contributed by atoms with Crippen LogP contribution in [0.1, 0.15) is 12.8 Å². The van der Waals surface area contributed by atoms with Crippen molar-refractivity contribution in [2.24, 2.45) is 0 Å². The highest BCUT2D eigenvalue weighted by atomic mass is 79.9. The molecule has 0 saturated carbocycles. The maximum absolute atomic E-state index is 11.6. The van der Waals surface area contributed by atoms with Gasteiger partial charge < -0.3 is 15.4 Å². The van der Waals surface area contributed by atoms with E-state index in [9.17, 15) is 4.79 Å². The molecule has 98 valence electrons. The summed E-state index contributed by atoms with van der Waals surface area (Å²) < 4.78 is 6.34. The van der Waals surface area contributed by atoms with Gasteiger partial charge in [-0.05, 0) is 37.6 Å². The zero-order chi connectivity index (χ0) is 12.8. The van der Waals surface area contributed by atoms with Crippen LogP contribution in [0.4, 0.5) is 0 Å². The molecule has 1 atom stereocenters. The number of carbonyl (C=O) groups is 1. The van der Waals surface area contributed by atoms with Crippen LogP contribution in [0.5, 0.6) is 5.75 Å². The Hall–Kier alpha value is -1.07. The molecular formula is C13H17BrN2O2. The van der Waals surface area contributed by atoms with Gasteiger partial charge in [-0.25, -0.2) is 0 Å². The molecule has 1 amide bonds. The van der Waals surface area contributed by atoms with Crippen LogP contribution < -0.4 is 15.4 Å². The number of rotatable bonds is 5. The Labute approximate surface area is 115 Å². The molecule has 1 aliphatic rings. The second kappa shape index (κ2) is 6.75. The predicted octanol–water partition coefficient (Wildman–Crippen LogP) is 1.70. The van der Waals surface area contributed by atoms with Crippen LogP contribution in [0, 0.1) is 0 Å². The van der Waals surface area contributed by atoms with Gasteiger partial charge in [-0.15, -0.1) is 0 Å². The smallest absolute Gasteiger partial charge is 0.257 e. The van der Waals surface area contributed by atoms with Crippen molar-refractivity contribution in [3.63, 3.8) is 0 Å². The highest BCUT2D eigenvalue weighted by Crippen LogP contribution is 2.17. The predicted molar refractivity (Wildman–Crippen MR) is 73.7 cm³/mol. The number of ether oxygens (including phenoxy) is 1. The first-order chi connectivity index (χ1) is 8.74. The van der Waals surface area contributed by atoms with Crippen molar-refractivity contribution in [2.45, 2.75) is 18.9 Å². The Morgan fingerprint density at radius 3 is 3.17 bits per heavy atom. The quantitative estimate of drug-likeness (QED) is 0.870. The number of benzene rings is 1. The monoisotopic (exact) mass is 312 g/mol. The van der Waals surface area contributed by atoms with Gasteiger partial charge in [-0.3, -0.25) is 4.79 Å². The standard InChI is InChI=1S/C13H17BrN2O2/c14-10-3-1-5-12(7-10)18-9-13(17)16-8-11-4-2-6-15-11/h1,3,5,7,11,15H,2,4,6,8-9H2,(H,16,17).